The molecule has 18 heavy (non-hydrogen) atoms. The number of benzene rings is 1. The van der Waals surface area contributed by atoms with Gasteiger partial charge in [-0.25, -0.2) is 0 Å². The molecule has 0 spiro atoms. The Morgan fingerprint density at radius 1 is 1.17 bits per heavy atom. The maximum absolute atomic E-state index is 6.14. The molecule has 0 unspecified atom stereocenters. The van der Waals surface area contributed by atoms with Crippen molar-refractivity contribution in [1.29, 1.82) is 0 Å². The number of H-pyrrole nitrogens is 1. The Bertz CT molecular complexity index is 668. The average molecular weight is 255 g/mol. The van der Waals surface area contributed by atoms with Crippen LogP contribution >= 0.6 is 11.3 Å². The Balaban J connectivity index is 2.04. The standard InChI is InChI=1S/C14H13N3S/c1-9-2-5-14(18-9)12-4-3-10(6-13(12)15)11-7-16-17-8-11/h2-8H,15H2,1H3,(H,16,17). The summed E-state index contributed by atoms with van der Waals surface area (Å²) in [5, 5.41) is 6.76. The van der Waals surface area contributed by atoms with E-state index >= 15 is 0 Å². The fourth-order valence-electron chi connectivity index (χ4n) is 1.95. The summed E-state index contributed by atoms with van der Waals surface area (Å²) in [5.74, 6) is 0. The minimum Gasteiger partial charge on any atom is -0.398 e. The van der Waals surface area contributed by atoms with Crippen molar-refractivity contribution < 1.29 is 0 Å². The molecule has 0 aliphatic rings. The number of nitrogen functional groups attached to an aromatic ring is 1. The van der Waals surface area contributed by atoms with Gasteiger partial charge in [0.1, 0.15) is 0 Å². The topological polar surface area (TPSA) is 54.7 Å². The van der Waals surface area contributed by atoms with Crippen molar-refractivity contribution >= 4 is 17.0 Å². The average Bonchev–Trinajstić information content (AvgIpc) is 2.99. The van der Waals surface area contributed by atoms with Crippen LogP contribution in [0.5, 0.6) is 0 Å². The molecule has 0 fully saturated rings. The first-order valence-corrected chi connectivity index (χ1v) is 6.51. The monoisotopic (exact) mass is 255 g/mol. The number of nitrogens with two attached hydrogens (primary N) is 1. The maximum atomic E-state index is 6.14. The number of thiophene rings is 1. The SMILES string of the molecule is Cc1ccc(-c2ccc(-c3cn[nH]c3)cc2N)s1. The molecule has 3 aromatic rings. The van der Waals surface area contributed by atoms with E-state index in [1.165, 1.54) is 9.75 Å². The normalized spacial score (nSPS) is 10.7. The van der Waals surface area contributed by atoms with E-state index in [1.54, 1.807) is 17.5 Å². The lowest BCUT2D eigenvalue weighted by atomic mass is 10.0. The predicted molar refractivity (Wildman–Crippen MR) is 76.5 cm³/mol. The summed E-state index contributed by atoms with van der Waals surface area (Å²) in [6.07, 6.45) is 3.66. The molecule has 0 saturated heterocycles. The third-order valence-corrected chi connectivity index (χ3v) is 3.92. The van der Waals surface area contributed by atoms with Crippen LogP contribution in [-0.4, -0.2) is 10.2 Å². The number of hydrogen-bond acceptors (Lipinski definition) is 3. The minimum atomic E-state index is 0.801. The number of nitrogens with zero attached hydrogens (tertiary/aromatic N) is 1. The molecule has 0 bridgehead atoms. The van der Waals surface area contributed by atoms with Crippen molar-refractivity contribution in [2.75, 3.05) is 5.73 Å². The molecule has 1 aromatic carbocycles. The highest BCUT2D eigenvalue weighted by molar-refractivity contribution is 7.15. The summed E-state index contributed by atoms with van der Waals surface area (Å²) >= 11 is 1.76. The number of anilines is 1. The van der Waals surface area contributed by atoms with Gasteiger partial charge in [0.25, 0.3) is 0 Å². The summed E-state index contributed by atoms with van der Waals surface area (Å²) < 4.78 is 0. The van der Waals surface area contributed by atoms with Crippen molar-refractivity contribution in [3.63, 3.8) is 0 Å². The third-order valence-electron chi connectivity index (χ3n) is 2.89. The molecule has 4 heteroatoms. The fraction of sp³-hybridized carbons (Fsp3) is 0.0714. The van der Waals surface area contributed by atoms with Crippen LogP contribution in [0.1, 0.15) is 4.88 Å². The fourth-order valence-corrected chi connectivity index (χ4v) is 2.87. The van der Waals surface area contributed by atoms with Gasteiger partial charge in [0.2, 0.25) is 0 Å². The molecule has 0 atom stereocenters. The second-order valence-corrected chi connectivity index (χ2v) is 5.49. The van der Waals surface area contributed by atoms with Crippen LogP contribution in [0, 0.1) is 6.92 Å². The molecular weight excluding hydrogens is 242 g/mol. The van der Waals surface area contributed by atoms with Crippen LogP contribution < -0.4 is 5.73 Å². The van der Waals surface area contributed by atoms with E-state index in [9.17, 15) is 0 Å². The van der Waals surface area contributed by atoms with Crippen molar-refractivity contribution in [3.05, 3.63) is 47.6 Å². The molecular formula is C14H13N3S. The number of aryl methyl sites for hydroxylation is 1. The zero-order valence-corrected chi connectivity index (χ0v) is 10.8. The largest absolute Gasteiger partial charge is 0.398 e. The van der Waals surface area contributed by atoms with E-state index in [1.807, 2.05) is 12.3 Å². The molecule has 3 nitrogen and oxygen atoms in total. The van der Waals surface area contributed by atoms with Crippen molar-refractivity contribution in [1.82, 2.24) is 10.2 Å². The summed E-state index contributed by atoms with van der Waals surface area (Å²) in [6, 6.07) is 10.4. The third kappa shape index (κ3) is 1.91. The van der Waals surface area contributed by atoms with Crippen LogP contribution in [0.3, 0.4) is 0 Å². The van der Waals surface area contributed by atoms with Gasteiger partial charge in [0, 0.05) is 32.8 Å². The highest BCUT2D eigenvalue weighted by atomic mass is 32.1. The van der Waals surface area contributed by atoms with Crippen molar-refractivity contribution in [2.45, 2.75) is 6.92 Å². The second kappa shape index (κ2) is 4.31. The number of rotatable bonds is 2. The second-order valence-electron chi connectivity index (χ2n) is 4.20. The molecule has 0 aliphatic heterocycles. The molecule has 0 aliphatic carbocycles. The Morgan fingerprint density at radius 2 is 2.06 bits per heavy atom. The van der Waals surface area contributed by atoms with Crippen LogP contribution in [0.15, 0.2) is 42.7 Å². The highest BCUT2D eigenvalue weighted by Crippen LogP contribution is 2.34. The Morgan fingerprint density at radius 3 is 2.67 bits per heavy atom. The zero-order chi connectivity index (χ0) is 12.5. The number of hydrogen-bond donors (Lipinski definition) is 2. The van der Waals surface area contributed by atoms with Crippen molar-refractivity contribution in [2.24, 2.45) is 0 Å². The van der Waals surface area contributed by atoms with Crippen LogP contribution in [0.2, 0.25) is 0 Å². The lowest BCUT2D eigenvalue weighted by Crippen LogP contribution is -1.89. The first-order chi connectivity index (χ1) is 8.74. The lowest BCUT2D eigenvalue weighted by Gasteiger charge is -2.05. The van der Waals surface area contributed by atoms with E-state index in [4.69, 9.17) is 5.73 Å². The summed E-state index contributed by atoms with van der Waals surface area (Å²) in [5.41, 5.74) is 10.2. The molecule has 0 saturated carbocycles. The summed E-state index contributed by atoms with van der Waals surface area (Å²) in [6.45, 7) is 2.10. The Hall–Kier alpha value is -2.07. The first-order valence-electron chi connectivity index (χ1n) is 5.69. The van der Waals surface area contributed by atoms with Crippen LogP contribution in [0.25, 0.3) is 21.6 Å². The molecule has 2 aromatic heterocycles. The quantitative estimate of drug-likeness (QED) is 0.686. The summed E-state index contributed by atoms with van der Waals surface area (Å²) in [7, 11) is 0. The van der Waals surface area contributed by atoms with Crippen molar-refractivity contribution in [3.8, 4) is 21.6 Å². The van der Waals surface area contributed by atoms with Crippen LogP contribution in [-0.2, 0) is 0 Å². The molecule has 3 N–H and O–H groups in total. The smallest absolute Gasteiger partial charge is 0.0565 e. The van der Waals surface area contributed by atoms with Gasteiger partial charge in [-0.15, -0.1) is 11.3 Å². The van der Waals surface area contributed by atoms with E-state index in [-0.39, 0.29) is 0 Å². The van der Waals surface area contributed by atoms with Gasteiger partial charge in [0.05, 0.1) is 6.20 Å². The number of nitrogens with one attached hydrogen (secondary N) is 1. The number of aromatic amines is 1. The maximum Gasteiger partial charge on any atom is 0.0565 e. The Labute approximate surface area is 109 Å². The van der Waals surface area contributed by atoms with E-state index in [2.05, 4.69) is 41.4 Å². The van der Waals surface area contributed by atoms with E-state index < -0.39 is 0 Å². The van der Waals surface area contributed by atoms with Gasteiger partial charge >= 0.3 is 0 Å². The molecule has 0 amide bonds. The minimum absolute atomic E-state index is 0.801. The number of aromatic nitrogens is 2. The van der Waals surface area contributed by atoms with Gasteiger partial charge < -0.3 is 5.73 Å². The van der Waals surface area contributed by atoms with Gasteiger partial charge in [0.15, 0.2) is 0 Å². The van der Waals surface area contributed by atoms with Gasteiger partial charge in [-0.1, -0.05) is 12.1 Å². The van der Waals surface area contributed by atoms with Crippen LogP contribution in [0.4, 0.5) is 5.69 Å². The molecule has 2 heterocycles. The molecule has 3 rings (SSSR count). The van der Waals surface area contributed by atoms with Gasteiger partial charge in [-0.3, -0.25) is 5.10 Å². The zero-order valence-electron chi connectivity index (χ0n) is 9.97. The van der Waals surface area contributed by atoms with E-state index in [0.29, 0.717) is 0 Å². The molecule has 90 valence electrons. The molecule has 0 radical (unpaired) electrons. The predicted octanol–water partition coefficient (Wildman–Crippen LogP) is 3.70. The van der Waals surface area contributed by atoms with Gasteiger partial charge in [-0.2, -0.15) is 5.10 Å². The summed E-state index contributed by atoms with van der Waals surface area (Å²) in [4.78, 5) is 2.51. The first kappa shape index (κ1) is 11.0. The Kier molecular flexibility index (Phi) is 2.64. The van der Waals surface area contributed by atoms with E-state index in [0.717, 1.165) is 22.4 Å². The lowest BCUT2D eigenvalue weighted by molar-refractivity contribution is 1.09. The van der Waals surface area contributed by atoms with Gasteiger partial charge in [-0.05, 0) is 30.7 Å². The highest BCUT2D eigenvalue weighted by Gasteiger charge is 2.07.